The summed E-state index contributed by atoms with van der Waals surface area (Å²) in [4.78, 5) is 0. The van der Waals surface area contributed by atoms with E-state index in [1.807, 2.05) is 0 Å². The third kappa shape index (κ3) is 6.41. The Bertz CT molecular complexity index is 67.1. The predicted octanol–water partition coefficient (Wildman–Crippen LogP) is 0.743. The van der Waals surface area contributed by atoms with E-state index >= 15 is 0 Å². The van der Waals surface area contributed by atoms with E-state index in [0.29, 0.717) is 6.61 Å². The van der Waals surface area contributed by atoms with Crippen molar-refractivity contribution in [3.8, 4) is 0 Å². The highest BCUT2D eigenvalue weighted by molar-refractivity contribution is 7.23. The van der Waals surface area contributed by atoms with Crippen molar-refractivity contribution in [2.24, 2.45) is 0 Å². The highest BCUT2D eigenvalue weighted by atomic mass is 31.1. The normalized spacial score (nSPS) is 11.9. The molecule has 0 amide bonds. The highest BCUT2D eigenvalue weighted by Crippen LogP contribution is 1.91. The summed E-state index contributed by atoms with van der Waals surface area (Å²) in [7, 11) is -1.42. The summed E-state index contributed by atoms with van der Waals surface area (Å²) in [5.41, 5.74) is 0. The topological polar surface area (TPSA) is 26.3 Å². The zero-order valence-corrected chi connectivity index (χ0v) is 7.69. The molecule has 0 saturated carbocycles. The molecule has 8 heavy (non-hydrogen) atoms. The second-order valence-corrected chi connectivity index (χ2v) is 5.22. The van der Waals surface area contributed by atoms with Crippen LogP contribution in [-0.2, 0) is 8.99 Å². The standard InChI is InChI=1S/C4H13O2PSi/c1-8(2)6-3-4-7-5/h8H,3-4,7H2,1-2H3. The largest absolute Gasteiger partial charge is 0.420 e. The van der Waals surface area contributed by atoms with Crippen molar-refractivity contribution in [3.63, 3.8) is 0 Å². The molecule has 1 atom stereocenters. The van der Waals surface area contributed by atoms with Gasteiger partial charge in [-0.15, -0.1) is 0 Å². The lowest BCUT2D eigenvalue weighted by atomic mass is 10.9. The van der Waals surface area contributed by atoms with Crippen LogP contribution >= 0.6 is 8.46 Å². The molecule has 0 aliphatic carbocycles. The van der Waals surface area contributed by atoms with Gasteiger partial charge in [-0.25, -0.2) is 0 Å². The Balaban J connectivity index is 2.81. The van der Waals surface area contributed by atoms with Gasteiger partial charge in [0.15, 0.2) is 9.04 Å². The molecular formula is C4H13O2PSi. The minimum atomic E-state index is -0.828. The van der Waals surface area contributed by atoms with Gasteiger partial charge < -0.3 is 8.99 Å². The highest BCUT2D eigenvalue weighted by Gasteiger charge is 1.91. The minimum absolute atomic E-state index is 0.589. The molecule has 0 saturated heterocycles. The first-order valence-corrected chi connectivity index (χ1v) is 6.89. The Hall–Kier alpha value is 0.407. The van der Waals surface area contributed by atoms with Gasteiger partial charge in [-0.05, 0) is 13.1 Å². The van der Waals surface area contributed by atoms with Gasteiger partial charge in [0.1, 0.15) is 0 Å². The van der Waals surface area contributed by atoms with Gasteiger partial charge in [0.2, 0.25) is 0 Å². The van der Waals surface area contributed by atoms with Crippen LogP contribution in [0.4, 0.5) is 0 Å². The first kappa shape index (κ1) is 8.41. The van der Waals surface area contributed by atoms with Crippen LogP contribution in [0.5, 0.6) is 0 Å². The van der Waals surface area contributed by atoms with E-state index in [9.17, 15) is 4.57 Å². The molecule has 0 fully saturated rings. The summed E-state index contributed by atoms with van der Waals surface area (Å²) in [6, 6.07) is 0. The summed E-state index contributed by atoms with van der Waals surface area (Å²) in [6.45, 7) is 4.93. The molecule has 0 radical (unpaired) electrons. The Morgan fingerprint density at radius 2 is 2.25 bits per heavy atom. The van der Waals surface area contributed by atoms with Crippen LogP contribution < -0.4 is 0 Å². The van der Waals surface area contributed by atoms with E-state index < -0.39 is 17.5 Å². The van der Waals surface area contributed by atoms with E-state index in [-0.39, 0.29) is 0 Å². The Morgan fingerprint density at radius 3 is 2.62 bits per heavy atom. The lowest BCUT2D eigenvalue weighted by Gasteiger charge is -2.01. The van der Waals surface area contributed by atoms with E-state index in [1.165, 1.54) is 0 Å². The monoisotopic (exact) mass is 152 g/mol. The molecule has 0 heterocycles. The van der Waals surface area contributed by atoms with Crippen molar-refractivity contribution in [2.45, 2.75) is 13.1 Å². The maximum atomic E-state index is 9.93. The van der Waals surface area contributed by atoms with Crippen LogP contribution in [0.25, 0.3) is 0 Å². The van der Waals surface area contributed by atoms with Crippen LogP contribution in [0.15, 0.2) is 0 Å². The molecule has 0 spiro atoms. The van der Waals surface area contributed by atoms with Crippen molar-refractivity contribution in [1.29, 1.82) is 0 Å². The second-order valence-electron chi connectivity index (χ2n) is 1.87. The lowest BCUT2D eigenvalue weighted by Crippen LogP contribution is -2.08. The Morgan fingerprint density at radius 1 is 1.62 bits per heavy atom. The van der Waals surface area contributed by atoms with Gasteiger partial charge in [-0.2, -0.15) is 0 Å². The fourth-order valence-corrected chi connectivity index (χ4v) is 1.46. The summed E-state index contributed by atoms with van der Waals surface area (Å²) < 4.78 is 15.2. The smallest absolute Gasteiger partial charge is 0.170 e. The second kappa shape index (κ2) is 5.54. The van der Waals surface area contributed by atoms with E-state index in [2.05, 4.69) is 13.1 Å². The van der Waals surface area contributed by atoms with Crippen LogP contribution in [0.1, 0.15) is 0 Å². The SMILES string of the molecule is C[SiH](C)OCC[PH2]=O. The summed E-state index contributed by atoms with van der Waals surface area (Å²) in [6.07, 6.45) is 0.755. The average Bonchev–Trinajstić information content (AvgIpc) is 1.66. The molecule has 0 aliphatic heterocycles. The quantitative estimate of drug-likeness (QED) is 0.337. The van der Waals surface area contributed by atoms with Crippen LogP contribution in [0.2, 0.25) is 13.1 Å². The first-order valence-electron chi connectivity index (χ1n) is 2.82. The van der Waals surface area contributed by atoms with Gasteiger partial charge in [-0.1, -0.05) is 0 Å². The maximum absolute atomic E-state index is 9.93. The minimum Gasteiger partial charge on any atom is -0.420 e. The lowest BCUT2D eigenvalue weighted by molar-refractivity contribution is 0.352. The summed E-state index contributed by atoms with van der Waals surface area (Å²) in [5, 5.41) is 0. The molecule has 0 N–H and O–H groups in total. The van der Waals surface area contributed by atoms with Crippen LogP contribution in [-0.4, -0.2) is 21.8 Å². The van der Waals surface area contributed by atoms with Crippen LogP contribution in [0.3, 0.4) is 0 Å². The summed E-state index contributed by atoms with van der Waals surface area (Å²) >= 11 is 0. The van der Waals surface area contributed by atoms with E-state index in [4.69, 9.17) is 4.43 Å². The van der Waals surface area contributed by atoms with Gasteiger partial charge >= 0.3 is 0 Å². The number of rotatable bonds is 4. The molecule has 0 aliphatic rings. The number of hydrogen-bond donors (Lipinski definition) is 0. The van der Waals surface area contributed by atoms with Crippen molar-refractivity contribution >= 4 is 17.5 Å². The van der Waals surface area contributed by atoms with Crippen molar-refractivity contribution in [2.75, 3.05) is 12.8 Å². The van der Waals surface area contributed by atoms with Gasteiger partial charge in [0.05, 0.1) is 8.46 Å². The zero-order chi connectivity index (χ0) is 6.41. The van der Waals surface area contributed by atoms with Gasteiger partial charge in [0, 0.05) is 12.8 Å². The Kier molecular flexibility index (Phi) is 5.82. The molecule has 0 aromatic rings. The molecule has 2 nitrogen and oxygen atoms in total. The third-order valence-corrected chi connectivity index (χ3v) is 2.06. The van der Waals surface area contributed by atoms with Gasteiger partial charge in [-0.3, -0.25) is 0 Å². The molecule has 1 unspecified atom stereocenters. The molecule has 0 rings (SSSR count). The number of hydrogen-bond acceptors (Lipinski definition) is 2. The van der Waals surface area contributed by atoms with Crippen LogP contribution in [0, 0.1) is 0 Å². The maximum Gasteiger partial charge on any atom is 0.170 e. The third-order valence-electron chi connectivity index (χ3n) is 0.687. The van der Waals surface area contributed by atoms with Gasteiger partial charge in [0.25, 0.3) is 0 Å². The first-order chi connectivity index (χ1) is 3.77. The van der Waals surface area contributed by atoms with Crippen molar-refractivity contribution in [1.82, 2.24) is 0 Å². The predicted molar refractivity (Wildman–Crippen MR) is 40.1 cm³/mol. The van der Waals surface area contributed by atoms with E-state index in [0.717, 1.165) is 6.16 Å². The molecule has 0 aromatic carbocycles. The zero-order valence-electron chi connectivity index (χ0n) is 5.39. The fraction of sp³-hybridized carbons (Fsp3) is 1.00. The molecule has 0 aromatic heterocycles. The fourth-order valence-electron chi connectivity index (χ4n) is 0.352. The van der Waals surface area contributed by atoms with Crippen molar-refractivity contribution in [3.05, 3.63) is 0 Å². The molecule has 4 heteroatoms. The molecular weight excluding hydrogens is 139 g/mol. The summed E-state index contributed by atoms with van der Waals surface area (Å²) in [5.74, 6) is 0. The van der Waals surface area contributed by atoms with E-state index in [1.54, 1.807) is 0 Å². The molecule has 50 valence electrons. The molecule has 0 bridgehead atoms. The Labute approximate surface area is 53.2 Å². The average molecular weight is 152 g/mol. The van der Waals surface area contributed by atoms with Crippen molar-refractivity contribution < 1.29 is 8.99 Å².